The molecule has 0 unspecified atom stereocenters. The van der Waals surface area contributed by atoms with Gasteiger partial charge in [0.25, 0.3) is 0 Å². The van der Waals surface area contributed by atoms with Gasteiger partial charge in [-0.25, -0.2) is 4.79 Å². The lowest BCUT2D eigenvalue weighted by Crippen LogP contribution is -2.60. The number of carbonyl (C=O) groups excluding carboxylic acids is 3. The van der Waals surface area contributed by atoms with Crippen LogP contribution in [0.3, 0.4) is 0 Å². The van der Waals surface area contributed by atoms with Crippen molar-refractivity contribution in [2.45, 2.75) is 96.3 Å². The third-order valence-corrected chi connectivity index (χ3v) is 8.00. The average Bonchev–Trinajstić information content (AvgIpc) is 3.22. The van der Waals surface area contributed by atoms with E-state index in [1.165, 1.54) is 6.42 Å². The Morgan fingerprint density at radius 2 is 1.84 bits per heavy atom. The summed E-state index contributed by atoms with van der Waals surface area (Å²) in [6.45, 7) is 5.93. The lowest BCUT2D eigenvalue weighted by molar-refractivity contribution is -0.142. The lowest BCUT2D eigenvalue weighted by atomic mass is 9.77. The normalized spacial score (nSPS) is 22.0. The van der Waals surface area contributed by atoms with Crippen molar-refractivity contribution in [2.75, 3.05) is 6.54 Å². The molecule has 204 valence electrons. The maximum absolute atomic E-state index is 13.9. The number of ether oxygens (including phenoxy) is 1. The monoisotopic (exact) mass is 515 g/mol. The maximum Gasteiger partial charge on any atom is 0.475 e. The molecule has 1 aliphatic carbocycles. The van der Waals surface area contributed by atoms with Gasteiger partial charge in [0.05, 0.1) is 5.94 Å². The number of alkyl carbamates (subject to hydrolysis) is 1. The first-order valence-electron chi connectivity index (χ1n) is 13.6. The van der Waals surface area contributed by atoms with E-state index in [2.05, 4.69) is 10.6 Å². The molecule has 4 N–H and O–H groups in total. The van der Waals surface area contributed by atoms with Gasteiger partial charge < -0.3 is 30.3 Å². The molecule has 1 saturated heterocycles. The number of hydrogen-bond acceptors (Lipinski definition) is 6. The largest absolute Gasteiger partial charge is 0.475 e. The predicted molar refractivity (Wildman–Crippen MR) is 141 cm³/mol. The molecule has 0 spiro atoms. The van der Waals surface area contributed by atoms with Crippen LogP contribution in [0, 0.1) is 11.8 Å². The molecule has 3 rings (SSSR count). The summed E-state index contributed by atoms with van der Waals surface area (Å²) >= 11 is 0. The summed E-state index contributed by atoms with van der Waals surface area (Å²) < 4.78 is 5.42. The molecule has 3 atom stereocenters. The molecule has 10 heteroatoms. The first kappa shape index (κ1) is 29.0. The highest BCUT2D eigenvalue weighted by molar-refractivity contribution is 6.43. The van der Waals surface area contributed by atoms with E-state index in [4.69, 9.17) is 4.74 Å². The van der Waals surface area contributed by atoms with Crippen LogP contribution < -0.4 is 10.6 Å². The second-order valence-corrected chi connectivity index (χ2v) is 10.8. The minimum Gasteiger partial charge on any atom is -0.445 e. The van der Waals surface area contributed by atoms with Gasteiger partial charge in [0.1, 0.15) is 18.2 Å². The molecule has 1 aromatic carbocycles. The fraction of sp³-hybridized carbons (Fsp3) is 0.667. The van der Waals surface area contributed by atoms with Crippen molar-refractivity contribution in [1.82, 2.24) is 15.5 Å². The maximum atomic E-state index is 13.9. The van der Waals surface area contributed by atoms with Gasteiger partial charge in [-0.1, -0.05) is 83.2 Å². The third-order valence-electron chi connectivity index (χ3n) is 8.00. The minimum absolute atomic E-state index is 0.0906. The summed E-state index contributed by atoms with van der Waals surface area (Å²) in [4.78, 5) is 41.7. The first-order valence-corrected chi connectivity index (χ1v) is 13.6. The van der Waals surface area contributed by atoms with Gasteiger partial charge >= 0.3 is 13.2 Å². The number of rotatable bonds is 11. The molecule has 37 heavy (non-hydrogen) atoms. The van der Waals surface area contributed by atoms with Crippen molar-refractivity contribution in [3.05, 3.63) is 35.9 Å². The predicted octanol–water partition coefficient (Wildman–Crippen LogP) is 2.79. The van der Waals surface area contributed by atoms with Crippen LogP contribution in [0.25, 0.3) is 0 Å². The summed E-state index contributed by atoms with van der Waals surface area (Å²) in [6, 6.07) is 8.57. The van der Waals surface area contributed by atoms with Gasteiger partial charge in [-0.15, -0.1) is 0 Å². The zero-order valence-electron chi connectivity index (χ0n) is 22.3. The molecule has 2 aliphatic rings. The Balaban J connectivity index is 1.77. The Morgan fingerprint density at radius 1 is 1.16 bits per heavy atom. The standard InChI is InChI=1S/C27H42BN3O6/c1-4-23(28(35)36)29-24(32)22(17-20-11-7-5-8-12-20)31-16-15-27(19(2)3,25(31)33)30-26(34)37-18-21-13-9-6-10-14-21/h6,9-10,13-14,19-20,22-23,35-36H,4-5,7-8,11-12,15-18H2,1-3H3,(H,29,32)(H,30,34)/t22-,23-,27-/m0/s1. The van der Waals surface area contributed by atoms with Crippen LogP contribution in [0.15, 0.2) is 30.3 Å². The number of carbonyl (C=O) groups is 3. The smallest absolute Gasteiger partial charge is 0.445 e. The van der Waals surface area contributed by atoms with Crippen molar-refractivity contribution in [2.24, 2.45) is 11.8 Å². The number of benzene rings is 1. The molecule has 1 heterocycles. The van der Waals surface area contributed by atoms with Crippen LogP contribution in [-0.4, -0.2) is 64.0 Å². The Bertz CT molecular complexity index is 909. The van der Waals surface area contributed by atoms with Gasteiger partial charge in [-0.05, 0) is 36.7 Å². The summed E-state index contributed by atoms with van der Waals surface area (Å²) in [5.74, 6) is -1.41. The molecular formula is C27H42BN3O6. The van der Waals surface area contributed by atoms with Crippen molar-refractivity contribution < 1.29 is 29.2 Å². The quantitative estimate of drug-likeness (QED) is 0.336. The third kappa shape index (κ3) is 7.26. The summed E-state index contributed by atoms with van der Waals surface area (Å²) in [6.07, 6.45) is 5.94. The second-order valence-electron chi connectivity index (χ2n) is 10.8. The number of hydrogen-bond donors (Lipinski definition) is 4. The van der Waals surface area contributed by atoms with Crippen LogP contribution >= 0.6 is 0 Å². The van der Waals surface area contributed by atoms with E-state index in [1.54, 1.807) is 11.8 Å². The molecule has 0 bridgehead atoms. The zero-order valence-corrected chi connectivity index (χ0v) is 22.3. The van der Waals surface area contributed by atoms with E-state index >= 15 is 0 Å². The molecule has 1 aliphatic heterocycles. The number of amides is 3. The lowest BCUT2D eigenvalue weighted by Gasteiger charge is -2.36. The van der Waals surface area contributed by atoms with Crippen LogP contribution in [0.5, 0.6) is 0 Å². The van der Waals surface area contributed by atoms with Crippen molar-refractivity contribution in [1.29, 1.82) is 0 Å². The fourth-order valence-corrected chi connectivity index (χ4v) is 5.58. The van der Waals surface area contributed by atoms with Crippen LogP contribution in [0.4, 0.5) is 4.79 Å². The van der Waals surface area contributed by atoms with E-state index < -0.39 is 30.7 Å². The number of likely N-dealkylation sites (tertiary alicyclic amines) is 1. The van der Waals surface area contributed by atoms with Gasteiger partial charge in [0.15, 0.2) is 0 Å². The van der Waals surface area contributed by atoms with Crippen molar-refractivity contribution in [3.63, 3.8) is 0 Å². The Labute approximate surface area is 220 Å². The second kappa shape index (κ2) is 13.3. The van der Waals surface area contributed by atoms with E-state index in [9.17, 15) is 24.4 Å². The van der Waals surface area contributed by atoms with Gasteiger partial charge in [0, 0.05) is 6.54 Å². The molecule has 1 saturated carbocycles. The topological polar surface area (TPSA) is 128 Å². The highest BCUT2D eigenvalue weighted by atomic mass is 16.5. The van der Waals surface area contributed by atoms with Gasteiger partial charge in [-0.3, -0.25) is 9.59 Å². The molecule has 0 radical (unpaired) electrons. The minimum atomic E-state index is -1.69. The average molecular weight is 515 g/mol. The van der Waals surface area contributed by atoms with E-state index in [0.29, 0.717) is 31.7 Å². The van der Waals surface area contributed by atoms with Gasteiger partial charge in [0.2, 0.25) is 11.8 Å². The Kier molecular flexibility index (Phi) is 10.4. The van der Waals surface area contributed by atoms with E-state index in [1.807, 2.05) is 44.2 Å². The van der Waals surface area contributed by atoms with Crippen molar-refractivity contribution in [3.8, 4) is 0 Å². The zero-order chi connectivity index (χ0) is 27.0. The summed E-state index contributed by atoms with van der Waals surface area (Å²) in [5.41, 5.74) is -0.337. The molecular weight excluding hydrogens is 473 g/mol. The summed E-state index contributed by atoms with van der Waals surface area (Å²) in [7, 11) is -1.69. The molecule has 2 fully saturated rings. The highest BCUT2D eigenvalue weighted by Crippen LogP contribution is 2.35. The Hall–Kier alpha value is -2.59. The van der Waals surface area contributed by atoms with Crippen LogP contribution in [-0.2, 0) is 20.9 Å². The molecule has 1 aromatic rings. The highest BCUT2D eigenvalue weighted by Gasteiger charge is 2.53. The fourth-order valence-electron chi connectivity index (χ4n) is 5.58. The van der Waals surface area contributed by atoms with Crippen LogP contribution in [0.2, 0.25) is 0 Å². The van der Waals surface area contributed by atoms with Gasteiger partial charge in [-0.2, -0.15) is 0 Å². The molecule has 3 amide bonds. The van der Waals surface area contributed by atoms with E-state index in [-0.39, 0.29) is 24.3 Å². The molecule has 9 nitrogen and oxygen atoms in total. The number of nitrogens with one attached hydrogen (secondary N) is 2. The first-order chi connectivity index (χ1) is 17.7. The Morgan fingerprint density at radius 3 is 2.43 bits per heavy atom. The summed E-state index contributed by atoms with van der Waals surface area (Å²) in [5, 5.41) is 24.9. The van der Waals surface area contributed by atoms with E-state index in [0.717, 1.165) is 31.2 Å². The SMILES string of the molecule is CC[C@H](NC(=O)[C@H](CC1CCCCC1)N1CC[C@](NC(=O)OCc2ccccc2)(C(C)C)C1=O)B(O)O. The van der Waals surface area contributed by atoms with Crippen molar-refractivity contribution >= 4 is 25.0 Å². The number of nitrogens with zero attached hydrogens (tertiary/aromatic N) is 1. The molecule has 0 aromatic heterocycles. The van der Waals surface area contributed by atoms with Crippen LogP contribution in [0.1, 0.15) is 77.7 Å².